The standard InChI is InChI=1S/C17H26N2O2/c1-4-21-16(20)12-8-9-13(18)14(11-12)19-15-7-5-6-10-17(15,2)3/h8-9,11,15,19H,4-7,10,18H2,1-3H3. The van der Waals surface area contributed by atoms with Crippen LogP contribution in [0.2, 0.25) is 0 Å². The number of carbonyl (C=O) groups excluding carboxylic acids is 1. The molecule has 21 heavy (non-hydrogen) atoms. The highest BCUT2D eigenvalue weighted by molar-refractivity contribution is 5.92. The van der Waals surface area contributed by atoms with E-state index in [0.29, 0.717) is 23.9 Å². The van der Waals surface area contributed by atoms with E-state index in [2.05, 4.69) is 19.2 Å². The number of anilines is 2. The number of benzene rings is 1. The lowest BCUT2D eigenvalue weighted by Crippen LogP contribution is -2.39. The second-order valence-corrected chi connectivity index (χ2v) is 6.45. The average molecular weight is 290 g/mol. The largest absolute Gasteiger partial charge is 0.462 e. The van der Waals surface area contributed by atoms with Gasteiger partial charge in [-0.2, -0.15) is 0 Å². The number of nitrogen functional groups attached to an aromatic ring is 1. The molecule has 1 aromatic rings. The third kappa shape index (κ3) is 3.69. The molecule has 4 heteroatoms. The van der Waals surface area contributed by atoms with E-state index < -0.39 is 0 Å². The lowest BCUT2D eigenvalue weighted by atomic mass is 9.73. The van der Waals surface area contributed by atoms with E-state index in [4.69, 9.17) is 10.5 Å². The zero-order valence-corrected chi connectivity index (χ0v) is 13.2. The summed E-state index contributed by atoms with van der Waals surface area (Å²) in [5.74, 6) is -0.302. The Morgan fingerprint density at radius 1 is 1.43 bits per heavy atom. The molecule has 1 unspecified atom stereocenters. The van der Waals surface area contributed by atoms with E-state index in [1.165, 1.54) is 19.3 Å². The Morgan fingerprint density at radius 3 is 2.86 bits per heavy atom. The predicted molar refractivity (Wildman–Crippen MR) is 86.5 cm³/mol. The summed E-state index contributed by atoms with van der Waals surface area (Å²) >= 11 is 0. The summed E-state index contributed by atoms with van der Waals surface area (Å²) in [6.07, 6.45) is 4.86. The lowest BCUT2D eigenvalue weighted by molar-refractivity contribution is 0.0526. The fourth-order valence-corrected chi connectivity index (χ4v) is 2.97. The van der Waals surface area contributed by atoms with Gasteiger partial charge in [0.25, 0.3) is 0 Å². The van der Waals surface area contributed by atoms with Gasteiger partial charge < -0.3 is 15.8 Å². The maximum absolute atomic E-state index is 11.8. The molecule has 0 saturated heterocycles. The summed E-state index contributed by atoms with van der Waals surface area (Å²) in [6, 6.07) is 5.67. The Morgan fingerprint density at radius 2 is 2.19 bits per heavy atom. The molecule has 1 fully saturated rings. The van der Waals surface area contributed by atoms with Gasteiger partial charge in [0.05, 0.1) is 23.5 Å². The number of nitrogens with two attached hydrogens (primary N) is 1. The van der Waals surface area contributed by atoms with Crippen LogP contribution in [0.1, 0.15) is 56.8 Å². The van der Waals surface area contributed by atoms with Gasteiger partial charge in [0.15, 0.2) is 0 Å². The van der Waals surface area contributed by atoms with Crippen LogP contribution in [0.25, 0.3) is 0 Å². The number of hydrogen-bond donors (Lipinski definition) is 2. The van der Waals surface area contributed by atoms with Crippen molar-refractivity contribution in [1.82, 2.24) is 0 Å². The van der Waals surface area contributed by atoms with Gasteiger partial charge in [0, 0.05) is 6.04 Å². The molecule has 0 spiro atoms. The first kappa shape index (κ1) is 15.7. The third-order valence-electron chi connectivity index (χ3n) is 4.40. The topological polar surface area (TPSA) is 64.3 Å². The van der Waals surface area contributed by atoms with Crippen LogP contribution >= 0.6 is 0 Å². The minimum Gasteiger partial charge on any atom is -0.462 e. The monoisotopic (exact) mass is 290 g/mol. The molecule has 1 aliphatic rings. The quantitative estimate of drug-likeness (QED) is 0.653. The summed E-state index contributed by atoms with van der Waals surface area (Å²) in [6.45, 7) is 6.75. The van der Waals surface area contributed by atoms with E-state index in [-0.39, 0.29) is 11.4 Å². The van der Waals surface area contributed by atoms with Crippen molar-refractivity contribution in [3.63, 3.8) is 0 Å². The van der Waals surface area contributed by atoms with Gasteiger partial charge >= 0.3 is 5.97 Å². The van der Waals surface area contributed by atoms with Gasteiger partial charge in [-0.1, -0.05) is 26.7 Å². The molecular weight excluding hydrogens is 264 g/mol. The third-order valence-corrected chi connectivity index (χ3v) is 4.40. The second-order valence-electron chi connectivity index (χ2n) is 6.45. The molecule has 1 saturated carbocycles. The van der Waals surface area contributed by atoms with Crippen LogP contribution in [-0.2, 0) is 4.74 Å². The van der Waals surface area contributed by atoms with E-state index in [1.54, 1.807) is 25.1 Å². The summed E-state index contributed by atoms with van der Waals surface area (Å²) in [7, 11) is 0. The number of nitrogens with one attached hydrogen (secondary N) is 1. The maximum Gasteiger partial charge on any atom is 0.338 e. The molecule has 116 valence electrons. The number of carbonyl (C=O) groups is 1. The van der Waals surface area contributed by atoms with Crippen LogP contribution in [0.15, 0.2) is 18.2 Å². The van der Waals surface area contributed by atoms with E-state index >= 15 is 0 Å². The smallest absolute Gasteiger partial charge is 0.338 e. The van der Waals surface area contributed by atoms with Crippen LogP contribution in [-0.4, -0.2) is 18.6 Å². The van der Waals surface area contributed by atoms with Crippen LogP contribution in [0.5, 0.6) is 0 Å². The fraction of sp³-hybridized carbons (Fsp3) is 0.588. The van der Waals surface area contributed by atoms with Gasteiger partial charge in [-0.3, -0.25) is 0 Å². The number of ether oxygens (including phenoxy) is 1. The molecule has 0 bridgehead atoms. The van der Waals surface area contributed by atoms with Gasteiger partial charge in [-0.15, -0.1) is 0 Å². The number of esters is 1. The molecule has 0 aliphatic heterocycles. The molecule has 1 aliphatic carbocycles. The Bertz CT molecular complexity index is 512. The molecule has 0 radical (unpaired) electrons. The van der Waals surface area contributed by atoms with Crippen LogP contribution in [0.4, 0.5) is 11.4 Å². The zero-order chi connectivity index (χ0) is 15.5. The number of rotatable bonds is 4. The van der Waals surface area contributed by atoms with Crippen LogP contribution in [0.3, 0.4) is 0 Å². The first-order valence-corrected chi connectivity index (χ1v) is 7.77. The fourth-order valence-electron chi connectivity index (χ4n) is 2.97. The Kier molecular flexibility index (Phi) is 4.76. The van der Waals surface area contributed by atoms with Crippen molar-refractivity contribution in [2.75, 3.05) is 17.7 Å². The first-order chi connectivity index (χ1) is 9.94. The molecule has 2 rings (SSSR count). The summed E-state index contributed by atoms with van der Waals surface area (Å²) in [5.41, 5.74) is 8.34. The average Bonchev–Trinajstić information content (AvgIpc) is 2.43. The predicted octanol–water partition coefficient (Wildman–Crippen LogP) is 3.83. The number of hydrogen-bond acceptors (Lipinski definition) is 4. The SMILES string of the molecule is CCOC(=O)c1ccc(N)c(NC2CCCCC2(C)C)c1. The van der Waals surface area contributed by atoms with Crippen molar-refractivity contribution in [2.45, 2.75) is 52.5 Å². The zero-order valence-electron chi connectivity index (χ0n) is 13.2. The van der Waals surface area contributed by atoms with Gasteiger partial charge in [-0.05, 0) is 43.4 Å². The molecule has 0 heterocycles. The highest BCUT2D eigenvalue weighted by Gasteiger charge is 2.32. The van der Waals surface area contributed by atoms with Crippen molar-refractivity contribution < 1.29 is 9.53 Å². The second kappa shape index (κ2) is 6.37. The minimum absolute atomic E-state index is 0.241. The van der Waals surface area contributed by atoms with Crippen molar-refractivity contribution >= 4 is 17.3 Å². The van der Waals surface area contributed by atoms with E-state index in [9.17, 15) is 4.79 Å². The van der Waals surface area contributed by atoms with Gasteiger partial charge in [0.2, 0.25) is 0 Å². The normalized spacial score (nSPS) is 20.8. The molecule has 1 atom stereocenters. The molecule has 3 N–H and O–H groups in total. The summed E-state index contributed by atoms with van der Waals surface area (Å²) < 4.78 is 5.05. The first-order valence-electron chi connectivity index (χ1n) is 7.77. The lowest BCUT2D eigenvalue weighted by Gasteiger charge is -2.39. The van der Waals surface area contributed by atoms with Crippen molar-refractivity contribution in [3.8, 4) is 0 Å². The molecule has 0 amide bonds. The van der Waals surface area contributed by atoms with Crippen molar-refractivity contribution in [3.05, 3.63) is 23.8 Å². The molecule has 4 nitrogen and oxygen atoms in total. The minimum atomic E-state index is -0.302. The Labute approximate surface area is 127 Å². The van der Waals surface area contributed by atoms with E-state index in [0.717, 1.165) is 12.1 Å². The summed E-state index contributed by atoms with van der Waals surface area (Å²) in [4.78, 5) is 11.8. The van der Waals surface area contributed by atoms with E-state index in [1.807, 2.05) is 0 Å². The molecule has 1 aromatic carbocycles. The highest BCUT2D eigenvalue weighted by Crippen LogP contribution is 2.38. The maximum atomic E-state index is 11.8. The van der Waals surface area contributed by atoms with Gasteiger partial charge in [0.1, 0.15) is 0 Å². The van der Waals surface area contributed by atoms with Gasteiger partial charge in [-0.25, -0.2) is 4.79 Å². The molecule has 0 aromatic heterocycles. The Balaban J connectivity index is 2.19. The van der Waals surface area contributed by atoms with Crippen molar-refractivity contribution in [2.24, 2.45) is 5.41 Å². The van der Waals surface area contributed by atoms with Crippen LogP contribution < -0.4 is 11.1 Å². The van der Waals surface area contributed by atoms with Crippen LogP contribution in [0, 0.1) is 5.41 Å². The van der Waals surface area contributed by atoms with Crippen molar-refractivity contribution in [1.29, 1.82) is 0 Å². The summed E-state index contributed by atoms with van der Waals surface area (Å²) in [5, 5.41) is 3.54. The highest BCUT2D eigenvalue weighted by atomic mass is 16.5. The Hall–Kier alpha value is -1.71. The molecular formula is C17H26N2O2.